The van der Waals surface area contributed by atoms with Crippen LogP contribution < -0.4 is 10.6 Å². The van der Waals surface area contributed by atoms with Crippen molar-refractivity contribution in [1.29, 1.82) is 5.26 Å². The third-order valence-electron chi connectivity index (χ3n) is 5.59. The molecule has 2 fully saturated rings. The summed E-state index contributed by atoms with van der Waals surface area (Å²) in [6.45, 7) is 0.757. The summed E-state index contributed by atoms with van der Waals surface area (Å²) < 4.78 is 0. The number of aromatic nitrogens is 1. The van der Waals surface area contributed by atoms with Crippen LogP contribution in [0, 0.1) is 17.2 Å². The third-order valence-corrected chi connectivity index (χ3v) is 5.90. The molecule has 1 aromatic carbocycles. The monoisotopic (exact) mass is 394 g/mol. The van der Waals surface area contributed by atoms with Gasteiger partial charge in [-0.15, -0.1) is 0 Å². The Labute approximate surface area is 170 Å². The lowest BCUT2D eigenvalue weighted by atomic mass is 10.0. The molecule has 0 aliphatic heterocycles. The highest BCUT2D eigenvalue weighted by molar-refractivity contribution is 6.32. The van der Waals surface area contributed by atoms with Crippen LogP contribution in [-0.4, -0.2) is 17.4 Å². The number of anilines is 2. The number of carbonyl (C=O) groups excluding carboxylic acids is 1. The van der Waals surface area contributed by atoms with Gasteiger partial charge < -0.3 is 10.6 Å². The van der Waals surface area contributed by atoms with Gasteiger partial charge in [0.05, 0.1) is 16.1 Å². The number of nitrogens with one attached hydrogen (secondary N) is 2. The summed E-state index contributed by atoms with van der Waals surface area (Å²) in [5, 5.41) is 15.7. The van der Waals surface area contributed by atoms with Gasteiger partial charge in [0.25, 0.3) is 5.91 Å². The van der Waals surface area contributed by atoms with E-state index in [2.05, 4.69) is 21.7 Å². The van der Waals surface area contributed by atoms with Gasteiger partial charge in [-0.1, -0.05) is 24.4 Å². The zero-order chi connectivity index (χ0) is 19.5. The molecular weight excluding hydrogens is 372 g/mol. The minimum atomic E-state index is -0.0192. The Balaban J connectivity index is 1.49. The van der Waals surface area contributed by atoms with Crippen LogP contribution in [0.2, 0.25) is 5.02 Å². The van der Waals surface area contributed by atoms with Crippen molar-refractivity contribution in [3.8, 4) is 6.07 Å². The molecule has 1 aromatic heterocycles. The normalized spacial score (nSPS) is 16.6. The maximum Gasteiger partial charge on any atom is 0.253 e. The topological polar surface area (TPSA) is 77.8 Å². The molecule has 2 aromatic rings. The van der Waals surface area contributed by atoms with Crippen LogP contribution in [-0.2, 0) is 0 Å². The van der Waals surface area contributed by atoms with Gasteiger partial charge in [-0.2, -0.15) is 5.26 Å². The number of pyridine rings is 1. The molecule has 1 amide bonds. The van der Waals surface area contributed by atoms with Gasteiger partial charge in [0.15, 0.2) is 0 Å². The average molecular weight is 395 g/mol. The molecule has 5 nitrogen and oxygen atoms in total. The molecule has 0 radical (unpaired) electrons. The van der Waals surface area contributed by atoms with E-state index in [1.165, 1.54) is 25.7 Å². The molecule has 2 saturated carbocycles. The number of hydrogen-bond donors (Lipinski definition) is 2. The quantitative estimate of drug-likeness (QED) is 0.710. The van der Waals surface area contributed by atoms with E-state index in [4.69, 9.17) is 16.9 Å². The first-order chi connectivity index (χ1) is 13.6. The van der Waals surface area contributed by atoms with Crippen LogP contribution in [0.15, 0.2) is 30.5 Å². The van der Waals surface area contributed by atoms with E-state index in [0.717, 1.165) is 30.6 Å². The molecule has 0 unspecified atom stereocenters. The summed E-state index contributed by atoms with van der Waals surface area (Å²) in [7, 11) is 0. The molecule has 2 N–H and O–H groups in total. The second kappa shape index (κ2) is 8.20. The van der Waals surface area contributed by atoms with Crippen molar-refractivity contribution < 1.29 is 4.79 Å². The molecule has 0 bridgehead atoms. The fourth-order valence-corrected chi connectivity index (χ4v) is 4.06. The molecule has 2 aliphatic rings. The van der Waals surface area contributed by atoms with Crippen molar-refractivity contribution in [3.05, 3.63) is 52.2 Å². The first-order valence-corrected chi connectivity index (χ1v) is 10.3. The molecule has 0 saturated heterocycles. The number of rotatable bonds is 6. The predicted molar refractivity (Wildman–Crippen MR) is 110 cm³/mol. The molecule has 0 atom stereocenters. The SMILES string of the molecule is N#Cc1ccc(Nc2cc(C3CC3)c(C(=O)NCC3CCCC3)cn2)cc1Cl. The Morgan fingerprint density at radius 3 is 2.68 bits per heavy atom. The lowest BCUT2D eigenvalue weighted by molar-refractivity contribution is 0.0946. The third kappa shape index (κ3) is 4.28. The number of carbonyl (C=O) groups is 1. The second-order valence-corrected chi connectivity index (χ2v) is 8.13. The fraction of sp³-hybridized carbons (Fsp3) is 0.409. The van der Waals surface area contributed by atoms with Gasteiger partial charge in [0, 0.05) is 18.4 Å². The molecule has 0 spiro atoms. The standard InChI is InChI=1S/C22H23ClN4O/c23-20-9-17(8-7-16(20)11-24)27-21-10-18(15-5-6-15)19(13-25-21)22(28)26-12-14-3-1-2-4-14/h7-10,13-15H,1-6,12H2,(H,25,27)(H,26,28). The summed E-state index contributed by atoms with van der Waals surface area (Å²) in [6.07, 6.45) is 8.85. The van der Waals surface area contributed by atoms with E-state index >= 15 is 0 Å². The van der Waals surface area contributed by atoms with Crippen LogP contribution >= 0.6 is 11.6 Å². The smallest absolute Gasteiger partial charge is 0.253 e. The van der Waals surface area contributed by atoms with E-state index in [9.17, 15) is 4.79 Å². The van der Waals surface area contributed by atoms with Crippen molar-refractivity contribution in [3.63, 3.8) is 0 Å². The molecule has 2 aliphatic carbocycles. The first kappa shape index (κ1) is 18.8. The molecule has 28 heavy (non-hydrogen) atoms. The molecule has 144 valence electrons. The highest BCUT2D eigenvalue weighted by Crippen LogP contribution is 2.42. The summed E-state index contributed by atoms with van der Waals surface area (Å²) in [4.78, 5) is 17.2. The Bertz CT molecular complexity index is 927. The summed E-state index contributed by atoms with van der Waals surface area (Å²) in [5.41, 5.74) is 2.94. The Morgan fingerprint density at radius 2 is 2.00 bits per heavy atom. The number of hydrogen-bond acceptors (Lipinski definition) is 4. The van der Waals surface area contributed by atoms with Gasteiger partial charge in [0.1, 0.15) is 11.9 Å². The van der Waals surface area contributed by atoms with Crippen molar-refractivity contribution in [2.24, 2.45) is 5.92 Å². The van der Waals surface area contributed by atoms with Crippen LogP contribution in [0.5, 0.6) is 0 Å². The highest BCUT2D eigenvalue weighted by atomic mass is 35.5. The van der Waals surface area contributed by atoms with E-state index in [0.29, 0.717) is 33.8 Å². The minimum Gasteiger partial charge on any atom is -0.352 e. The van der Waals surface area contributed by atoms with Crippen LogP contribution in [0.25, 0.3) is 0 Å². The Morgan fingerprint density at radius 1 is 1.21 bits per heavy atom. The largest absolute Gasteiger partial charge is 0.352 e. The lowest BCUT2D eigenvalue weighted by Crippen LogP contribution is -2.29. The van der Waals surface area contributed by atoms with Gasteiger partial charge in [-0.05, 0) is 67.3 Å². The first-order valence-electron chi connectivity index (χ1n) is 9.89. The maximum atomic E-state index is 12.7. The minimum absolute atomic E-state index is 0.0192. The number of nitriles is 1. The van der Waals surface area contributed by atoms with E-state index in [1.54, 1.807) is 24.4 Å². The Hall–Kier alpha value is -2.58. The summed E-state index contributed by atoms with van der Waals surface area (Å²) in [6, 6.07) is 9.20. The molecular formula is C22H23ClN4O. The Kier molecular flexibility index (Phi) is 5.50. The van der Waals surface area contributed by atoms with Crippen molar-refractivity contribution in [1.82, 2.24) is 10.3 Å². The second-order valence-electron chi connectivity index (χ2n) is 7.72. The van der Waals surface area contributed by atoms with E-state index in [-0.39, 0.29) is 5.91 Å². The average Bonchev–Trinajstić information content (AvgIpc) is 3.42. The van der Waals surface area contributed by atoms with Crippen molar-refractivity contribution in [2.75, 3.05) is 11.9 Å². The predicted octanol–water partition coefficient (Wildman–Crippen LogP) is 5.15. The lowest BCUT2D eigenvalue weighted by Gasteiger charge is -2.14. The zero-order valence-corrected chi connectivity index (χ0v) is 16.4. The number of nitrogens with zero attached hydrogens (tertiary/aromatic N) is 2. The van der Waals surface area contributed by atoms with Gasteiger partial charge in [-0.25, -0.2) is 4.98 Å². The highest BCUT2D eigenvalue weighted by Gasteiger charge is 2.29. The van der Waals surface area contributed by atoms with Crippen LogP contribution in [0.3, 0.4) is 0 Å². The fourth-order valence-electron chi connectivity index (χ4n) is 3.84. The van der Waals surface area contributed by atoms with E-state index in [1.807, 2.05) is 6.07 Å². The maximum absolute atomic E-state index is 12.7. The molecule has 1 heterocycles. The summed E-state index contributed by atoms with van der Waals surface area (Å²) in [5.74, 6) is 1.70. The number of benzene rings is 1. The van der Waals surface area contributed by atoms with Gasteiger partial charge >= 0.3 is 0 Å². The van der Waals surface area contributed by atoms with Gasteiger partial charge in [-0.3, -0.25) is 4.79 Å². The zero-order valence-electron chi connectivity index (χ0n) is 15.7. The molecule has 4 rings (SSSR count). The summed E-state index contributed by atoms with van der Waals surface area (Å²) >= 11 is 6.11. The van der Waals surface area contributed by atoms with Crippen molar-refractivity contribution >= 4 is 29.0 Å². The number of amides is 1. The van der Waals surface area contributed by atoms with E-state index < -0.39 is 0 Å². The number of halogens is 1. The van der Waals surface area contributed by atoms with Gasteiger partial charge in [0.2, 0.25) is 0 Å². The van der Waals surface area contributed by atoms with Crippen molar-refractivity contribution in [2.45, 2.75) is 44.4 Å². The van der Waals surface area contributed by atoms with Crippen LogP contribution in [0.1, 0.15) is 65.9 Å². The van der Waals surface area contributed by atoms with Crippen LogP contribution in [0.4, 0.5) is 11.5 Å². The molecule has 6 heteroatoms.